The molecule has 1 aromatic rings. The van der Waals surface area contributed by atoms with Crippen molar-refractivity contribution in [2.45, 2.75) is 24.0 Å². The maximum absolute atomic E-state index is 8.30. The molecule has 3 nitrogen and oxygen atoms in total. The average Bonchev–Trinajstić information content (AvgIpc) is 2.16. The zero-order chi connectivity index (χ0) is 10.4. The maximum atomic E-state index is 8.30. The Balaban J connectivity index is 2.64. The minimum absolute atomic E-state index is 0.587. The predicted molar refractivity (Wildman–Crippen MR) is 60.5 cm³/mol. The number of hydrogen-bond acceptors (Lipinski definition) is 3. The van der Waals surface area contributed by atoms with Crippen LogP contribution in [0.1, 0.15) is 13.8 Å². The largest absolute Gasteiger partial charge is 0.290 e. The van der Waals surface area contributed by atoms with Crippen molar-refractivity contribution < 1.29 is 5.21 Å². The summed E-state index contributed by atoms with van der Waals surface area (Å²) in [5, 5.41) is 8.88. The van der Waals surface area contributed by atoms with Gasteiger partial charge in [-0.2, -0.15) is 0 Å². The Hall–Kier alpha value is -1.00. The number of hydrogen-bond donors (Lipinski definition) is 2. The van der Waals surface area contributed by atoms with Gasteiger partial charge in [0.25, 0.3) is 0 Å². The number of nitrogens with zero attached hydrogens (tertiary/aromatic N) is 1. The van der Waals surface area contributed by atoms with Gasteiger partial charge >= 0.3 is 0 Å². The number of benzene rings is 1. The van der Waals surface area contributed by atoms with E-state index in [0.29, 0.717) is 5.25 Å². The van der Waals surface area contributed by atoms with Gasteiger partial charge in [0.1, 0.15) is 6.34 Å². The summed E-state index contributed by atoms with van der Waals surface area (Å²) >= 11 is 1.81. The first-order chi connectivity index (χ1) is 6.72. The second kappa shape index (κ2) is 5.67. The van der Waals surface area contributed by atoms with Crippen LogP contribution in [0.15, 0.2) is 34.2 Å². The van der Waals surface area contributed by atoms with Crippen LogP contribution in [-0.4, -0.2) is 16.8 Å². The van der Waals surface area contributed by atoms with Gasteiger partial charge < -0.3 is 0 Å². The lowest BCUT2D eigenvalue weighted by Gasteiger charge is -2.04. The second-order valence-corrected chi connectivity index (χ2v) is 4.70. The lowest BCUT2D eigenvalue weighted by atomic mass is 10.3. The van der Waals surface area contributed by atoms with Crippen LogP contribution in [0, 0.1) is 0 Å². The van der Waals surface area contributed by atoms with Crippen molar-refractivity contribution in [2.24, 2.45) is 4.99 Å². The number of hydroxylamine groups is 1. The monoisotopic (exact) mass is 210 g/mol. The van der Waals surface area contributed by atoms with Crippen molar-refractivity contribution in [3.63, 3.8) is 0 Å². The fourth-order valence-corrected chi connectivity index (χ4v) is 1.82. The quantitative estimate of drug-likeness (QED) is 0.347. The zero-order valence-corrected chi connectivity index (χ0v) is 9.08. The standard InChI is InChI=1S/C10H14N2OS/c1-8(2)14-10-5-3-9(4-6-10)11-7-12-13/h3-8,13H,1-2H3,(H,11,12). The van der Waals surface area contributed by atoms with E-state index < -0.39 is 0 Å². The zero-order valence-electron chi connectivity index (χ0n) is 8.27. The van der Waals surface area contributed by atoms with E-state index in [2.05, 4.69) is 18.8 Å². The van der Waals surface area contributed by atoms with Gasteiger partial charge in [-0.25, -0.2) is 4.99 Å². The lowest BCUT2D eigenvalue weighted by Crippen LogP contribution is -2.00. The lowest BCUT2D eigenvalue weighted by molar-refractivity contribution is 0.240. The van der Waals surface area contributed by atoms with E-state index in [1.54, 1.807) is 0 Å². The molecule has 0 saturated carbocycles. The number of aliphatic imine (C=N–C) groups is 1. The summed E-state index contributed by atoms with van der Waals surface area (Å²) < 4.78 is 0. The van der Waals surface area contributed by atoms with Crippen LogP contribution >= 0.6 is 11.8 Å². The van der Waals surface area contributed by atoms with Crippen molar-refractivity contribution in [3.05, 3.63) is 24.3 Å². The molecule has 0 aliphatic carbocycles. The molecule has 0 saturated heterocycles. The van der Waals surface area contributed by atoms with Crippen LogP contribution in [0.3, 0.4) is 0 Å². The Morgan fingerprint density at radius 3 is 2.50 bits per heavy atom. The first kappa shape index (κ1) is 11.1. The highest BCUT2D eigenvalue weighted by molar-refractivity contribution is 7.99. The van der Waals surface area contributed by atoms with Crippen LogP contribution in [0.25, 0.3) is 0 Å². The van der Waals surface area contributed by atoms with Crippen molar-refractivity contribution in [1.82, 2.24) is 5.48 Å². The molecular formula is C10H14N2OS. The predicted octanol–water partition coefficient (Wildman–Crippen LogP) is 2.83. The van der Waals surface area contributed by atoms with Gasteiger partial charge in [0, 0.05) is 10.1 Å². The number of rotatable bonds is 4. The Morgan fingerprint density at radius 2 is 2.00 bits per heavy atom. The van der Waals surface area contributed by atoms with E-state index in [9.17, 15) is 0 Å². The summed E-state index contributed by atoms with van der Waals surface area (Å²) in [6.07, 6.45) is 1.24. The molecule has 0 aromatic heterocycles. The molecule has 2 N–H and O–H groups in total. The summed E-state index contributed by atoms with van der Waals surface area (Å²) in [6.45, 7) is 4.32. The Kier molecular flexibility index (Phi) is 4.49. The molecule has 1 aromatic carbocycles. The van der Waals surface area contributed by atoms with Crippen molar-refractivity contribution in [1.29, 1.82) is 0 Å². The SMILES string of the molecule is CC(C)Sc1ccc(N=CNO)cc1. The van der Waals surface area contributed by atoms with Gasteiger partial charge in [0.2, 0.25) is 0 Å². The second-order valence-electron chi connectivity index (χ2n) is 3.05. The Labute approximate surface area is 88.2 Å². The topological polar surface area (TPSA) is 44.6 Å². The molecule has 0 radical (unpaired) electrons. The van der Waals surface area contributed by atoms with Crippen LogP contribution in [0.4, 0.5) is 5.69 Å². The van der Waals surface area contributed by atoms with Crippen LogP contribution in [-0.2, 0) is 0 Å². The van der Waals surface area contributed by atoms with E-state index in [1.165, 1.54) is 11.2 Å². The van der Waals surface area contributed by atoms with E-state index in [4.69, 9.17) is 5.21 Å². The third kappa shape index (κ3) is 3.81. The van der Waals surface area contributed by atoms with Crippen LogP contribution in [0.2, 0.25) is 0 Å². The van der Waals surface area contributed by atoms with Crippen molar-refractivity contribution in [2.75, 3.05) is 0 Å². The third-order valence-electron chi connectivity index (χ3n) is 1.48. The molecule has 4 heteroatoms. The number of nitrogens with one attached hydrogen (secondary N) is 1. The first-order valence-corrected chi connectivity index (χ1v) is 5.29. The Bertz CT molecular complexity index is 295. The van der Waals surface area contributed by atoms with Gasteiger partial charge in [0.05, 0.1) is 5.69 Å². The van der Waals surface area contributed by atoms with Gasteiger partial charge in [-0.1, -0.05) is 13.8 Å². The maximum Gasteiger partial charge on any atom is 0.113 e. The molecule has 76 valence electrons. The fourth-order valence-electron chi connectivity index (χ4n) is 0.986. The van der Waals surface area contributed by atoms with E-state index in [-0.39, 0.29) is 0 Å². The summed E-state index contributed by atoms with van der Waals surface area (Å²) in [5.41, 5.74) is 2.69. The van der Waals surface area contributed by atoms with Crippen molar-refractivity contribution >= 4 is 23.8 Å². The summed E-state index contributed by atoms with van der Waals surface area (Å²) in [6, 6.07) is 7.88. The molecule has 0 heterocycles. The van der Waals surface area contributed by atoms with E-state index >= 15 is 0 Å². The molecule has 14 heavy (non-hydrogen) atoms. The molecule has 0 bridgehead atoms. The molecule has 0 atom stereocenters. The molecule has 0 aliphatic heterocycles. The van der Waals surface area contributed by atoms with E-state index in [1.807, 2.05) is 41.5 Å². The minimum atomic E-state index is 0.587. The van der Waals surface area contributed by atoms with Gasteiger partial charge in [-0.15, -0.1) is 11.8 Å². The molecule has 0 aliphatic rings. The average molecular weight is 210 g/mol. The van der Waals surface area contributed by atoms with Gasteiger partial charge in [-0.3, -0.25) is 10.7 Å². The van der Waals surface area contributed by atoms with Gasteiger partial charge in [-0.05, 0) is 24.3 Å². The summed E-state index contributed by atoms with van der Waals surface area (Å²) in [5.74, 6) is 0. The van der Waals surface area contributed by atoms with Crippen molar-refractivity contribution in [3.8, 4) is 0 Å². The first-order valence-electron chi connectivity index (χ1n) is 4.41. The third-order valence-corrected chi connectivity index (χ3v) is 2.50. The molecule has 0 unspecified atom stereocenters. The Morgan fingerprint density at radius 1 is 1.36 bits per heavy atom. The molecule has 0 amide bonds. The highest BCUT2D eigenvalue weighted by Crippen LogP contribution is 2.24. The molecule has 0 spiro atoms. The minimum Gasteiger partial charge on any atom is -0.290 e. The van der Waals surface area contributed by atoms with Crippen LogP contribution in [0.5, 0.6) is 0 Å². The summed E-state index contributed by atoms with van der Waals surface area (Å²) in [4.78, 5) is 5.18. The van der Waals surface area contributed by atoms with Crippen LogP contribution < -0.4 is 5.48 Å². The van der Waals surface area contributed by atoms with E-state index in [0.717, 1.165) is 5.69 Å². The highest BCUT2D eigenvalue weighted by Gasteiger charge is 1.97. The molecule has 1 rings (SSSR count). The molecular weight excluding hydrogens is 196 g/mol. The normalized spacial score (nSPS) is 11.1. The summed E-state index contributed by atoms with van der Waals surface area (Å²) in [7, 11) is 0. The number of thioether (sulfide) groups is 1. The smallest absolute Gasteiger partial charge is 0.113 e. The highest BCUT2D eigenvalue weighted by atomic mass is 32.2. The fraction of sp³-hybridized carbons (Fsp3) is 0.300. The van der Waals surface area contributed by atoms with Gasteiger partial charge in [0.15, 0.2) is 0 Å². The molecule has 0 fully saturated rings.